The van der Waals surface area contributed by atoms with Crippen LogP contribution in [0, 0.1) is 0 Å². The van der Waals surface area contributed by atoms with Crippen molar-refractivity contribution >= 4 is 17.4 Å². The van der Waals surface area contributed by atoms with E-state index in [-0.39, 0.29) is 11.7 Å². The largest absolute Gasteiger partial charge is 0.497 e. The minimum atomic E-state index is -0.185. The van der Waals surface area contributed by atoms with Crippen LogP contribution in [-0.2, 0) is 0 Å². The lowest BCUT2D eigenvalue weighted by atomic mass is 10.0. The van der Waals surface area contributed by atoms with E-state index in [9.17, 15) is 9.59 Å². The van der Waals surface area contributed by atoms with Crippen LogP contribution >= 0.6 is 0 Å². The summed E-state index contributed by atoms with van der Waals surface area (Å²) in [6.07, 6.45) is 2.26. The Morgan fingerprint density at radius 2 is 1.70 bits per heavy atom. The Kier molecular flexibility index (Phi) is 4.15. The highest BCUT2D eigenvalue weighted by Crippen LogP contribution is 2.43. The van der Waals surface area contributed by atoms with Crippen molar-refractivity contribution in [3.05, 3.63) is 59.2 Å². The topological polar surface area (TPSA) is 55.4 Å². The molecule has 1 N–H and O–H groups in total. The number of rotatable bonds is 5. The van der Waals surface area contributed by atoms with Gasteiger partial charge in [-0.2, -0.15) is 0 Å². The molecule has 0 unspecified atom stereocenters. The van der Waals surface area contributed by atoms with Crippen LogP contribution in [0.3, 0.4) is 0 Å². The number of carbonyl (C=O) groups is 2. The van der Waals surface area contributed by atoms with Crippen LogP contribution in [0.2, 0.25) is 0 Å². The number of nitrogens with one attached hydrogen (secondary N) is 1. The van der Waals surface area contributed by atoms with Crippen LogP contribution in [-0.4, -0.2) is 18.8 Å². The molecule has 0 atom stereocenters. The molecule has 0 saturated heterocycles. The van der Waals surface area contributed by atoms with Crippen molar-refractivity contribution in [1.82, 2.24) is 0 Å². The maximum absolute atomic E-state index is 12.5. The van der Waals surface area contributed by atoms with Crippen molar-refractivity contribution < 1.29 is 14.3 Å². The number of methoxy groups -OCH3 is 1. The number of Topliss-reactive ketones (excluding diaryl/α,β-unsaturated/α-hetero) is 1. The number of amides is 1. The second-order valence-corrected chi connectivity index (χ2v) is 5.82. The van der Waals surface area contributed by atoms with Crippen molar-refractivity contribution in [1.29, 1.82) is 0 Å². The van der Waals surface area contributed by atoms with Gasteiger partial charge >= 0.3 is 0 Å². The monoisotopic (exact) mass is 309 g/mol. The van der Waals surface area contributed by atoms with E-state index < -0.39 is 0 Å². The summed E-state index contributed by atoms with van der Waals surface area (Å²) in [7, 11) is 1.59. The summed E-state index contributed by atoms with van der Waals surface area (Å²) in [5, 5.41) is 2.95. The van der Waals surface area contributed by atoms with Crippen molar-refractivity contribution in [3.8, 4) is 5.75 Å². The Hall–Kier alpha value is -2.62. The molecule has 0 radical (unpaired) electrons. The average Bonchev–Trinajstić information content (AvgIpc) is 3.39. The van der Waals surface area contributed by atoms with Crippen LogP contribution in [0.5, 0.6) is 5.75 Å². The van der Waals surface area contributed by atoms with E-state index in [0.717, 1.165) is 24.1 Å². The zero-order valence-electron chi connectivity index (χ0n) is 13.3. The Morgan fingerprint density at radius 3 is 2.26 bits per heavy atom. The number of anilines is 1. The van der Waals surface area contributed by atoms with Gasteiger partial charge in [0.05, 0.1) is 7.11 Å². The first-order chi connectivity index (χ1) is 11.1. The molecule has 0 spiro atoms. The first-order valence-corrected chi connectivity index (χ1v) is 7.69. The molecule has 1 amide bonds. The van der Waals surface area contributed by atoms with Gasteiger partial charge in [-0.15, -0.1) is 0 Å². The second kappa shape index (κ2) is 6.24. The van der Waals surface area contributed by atoms with E-state index in [4.69, 9.17) is 4.74 Å². The van der Waals surface area contributed by atoms with E-state index in [2.05, 4.69) is 5.32 Å². The third kappa shape index (κ3) is 3.42. The molecule has 1 saturated carbocycles. The van der Waals surface area contributed by atoms with Crippen LogP contribution in [0.4, 0.5) is 5.69 Å². The molecule has 1 aliphatic carbocycles. The highest BCUT2D eigenvalue weighted by atomic mass is 16.5. The molecule has 3 rings (SSSR count). The summed E-state index contributed by atoms with van der Waals surface area (Å²) in [5.74, 6) is 1.00. The quantitative estimate of drug-likeness (QED) is 0.848. The highest BCUT2D eigenvalue weighted by Gasteiger charge is 2.27. The van der Waals surface area contributed by atoms with E-state index in [1.807, 2.05) is 12.1 Å². The molecule has 0 aromatic heterocycles. The maximum atomic E-state index is 12.5. The third-order valence-corrected chi connectivity index (χ3v) is 4.08. The summed E-state index contributed by atoms with van der Waals surface area (Å²) in [4.78, 5) is 24.0. The Morgan fingerprint density at radius 1 is 1.04 bits per heavy atom. The molecule has 4 nitrogen and oxygen atoms in total. The van der Waals surface area contributed by atoms with Crippen molar-refractivity contribution in [2.45, 2.75) is 25.7 Å². The third-order valence-electron chi connectivity index (χ3n) is 4.08. The molecule has 118 valence electrons. The minimum absolute atomic E-state index is 0.00714. The summed E-state index contributed by atoms with van der Waals surface area (Å²) in [5.41, 5.74) is 3.01. The van der Waals surface area contributed by atoms with Gasteiger partial charge in [-0.1, -0.05) is 12.1 Å². The number of carbonyl (C=O) groups excluding carboxylic acids is 2. The predicted molar refractivity (Wildman–Crippen MR) is 89.4 cm³/mol. The fourth-order valence-electron chi connectivity index (χ4n) is 2.57. The summed E-state index contributed by atoms with van der Waals surface area (Å²) in [6.45, 7) is 1.53. The molecule has 4 heteroatoms. The molecule has 0 bridgehead atoms. The SMILES string of the molecule is COc1ccc(C(=O)Nc2cc(C(C)=O)ccc2C2CC2)cc1. The standard InChI is InChI=1S/C19H19NO3/c1-12(21)15-7-10-17(13-3-4-13)18(11-15)20-19(22)14-5-8-16(23-2)9-6-14/h5-11,13H,3-4H2,1-2H3,(H,20,22). The fourth-order valence-corrected chi connectivity index (χ4v) is 2.57. The van der Waals surface area contributed by atoms with Gasteiger partial charge in [0.1, 0.15) is 5.75 Å². The molecule has 2 aromatic carbocycles. The van der Waals surface area contributed by atoms with Crippen molar-refractivity contribution in [2.24, 2.45) is 0 Å². The normalized spacial score (nSPS) is 13.5. The van der Waals surface area contributed by atoms with E-state index in [1.54, 1.807) is 37.4 Å². The van der Waals surface area contributed by atoms with Crippen LogP contribution in [0.15, 0.2) is 42.5 Å². The number of ketones is 1. The minimum Gasteiger partial charge on any atom is -0.497 e. The van der Waals surface area contributed by atoms with Gasteiger partial charge in [-0.05, 0) is 61.6 Å². The lowest BCUT2D eigenvalue weighted by molar-refractivity contribution is 0.101. The number of hydrogen-bond donors (Lipinski definition) is 1. The molecule has 1 aliphatic rings. The zero-order valence-corrected chi connectivity index (χ0v) is 13.3. The molecule has 23 heavy (non-hydrogen) atoms. The molecule has 2 aromatic rings. The van der Waals surface area contributed by atoms with E-state index >= 15 is 0 Å². The first-order valence-electron chi connectivity index (χ1n) is 7.69. The molecule has 0 aliphatic heterocycles. The fraction of sp³-hybridized carbons (Fsp3) is 0.263. The molecule has 1 fully saturated rings. The van der Waals surface area contributed by atoms with Crippen molar-refractivity contribution in [2.75, 3.05) is 12.4 Å². The number of hydrogen-bond acceptors (Lipinski definition) is 3. The Labute approximate surface area is 135 Å². The van der Waals surface area contributed by atoms with Gasteiger partial charge < -0.3 is 10.1 Å². The first kappa shape index (κ1) is 15.3. The predicted octanol–water partition coefficient (Wildman–Crippen LogP) is 4.03. The second-order valence-electron chi connectivity index (χ2n) is 5.82. The van der Waals surface area contributed by atoms with Gasteiger partial charge in [0, 0.05) is 16.8 Å². The number of ether oxygens (including phenoxy) is 1. The van der Waals surface area contributed by atoms with Gasteiger partial charge in [-0.3, -0.25) is 9.59 Å². The summed E-state index contributed by atoms with van der Waals surface area (Å²) in [6, 6.07) is 12.5. The lowest BCUT2D eigenvalue weighted by Crippen LogP contribution is -2.13. The van der Waals surface area contributed by atoms with Gasteiger partial charge in [0.15, 0.2) is 5.78 Å². The highest BCUT2D eigenvalue weighted by molar-refractivity contribution is 6.05. The van der Waals surface area contributed by atoms with Crippen LogP contribution < -0.4 is 10.1 Å². The van der Waals surface area contributed by atoms with Gasteiger partial charge in [-0.25, -0.2) is 0 Å². The maximum Gasteiger partial charge on any atom is 0.255 e. The van der Waals surface area contributed by atoms with Crippen LogP contribution in [0.25, 0.3) is 0 Å². The van der Waals surface area contributed by atoms with Gasteiger partial charge in [0.25, 0.3) is 5.91 Å². The summed E-state index contributed by atoms with van der Waals surface area (Å²) >= 11 is 0. The zero-order chi connectivity index (χ0) is 16.4. The van der Waals surface area contributed by atoms with Gasteiger partial charge in [0.2, 0.25) is 0 Å². The van der Waals surface area contributed by atoms with Crippen LogP contribution in [0.1, 0.15) is 52.0 Å². The smallest absolute Gasteiger partial charge is 0.255 e. The van der Waals surface area contributed by atoms with E-state index in [0.29, 0.717) is 22.8 Å². The average molecular weight is 309 g/mol. The van der Waals surface area contributed by atoms with E-state index in [1.165, 1.54) is 6.92 Å². The lowest BCUT2D eigenvalue weighted by Gasteiger charge is -2.12. The summed E-state index contributed by atoms with van der Waals surface area (Å²) < 4.78 is 5.10. The number of benzene rings is 2. The Bertz CT molecular complexity index is 746. The molecular weight excluding hydrogens is 290 g/mol. The Balaban J connectivity index is 1.86. The van der Waals surface area contributed by atoms with Crippen molar-refractivity contribution in [3.63, 3.8) is 0 Å². The molecule has 0 heterocycles. The molecular formula is C19H19NO3.